The Labute approximate surface area is 185 Å². The highest BCUT2D eigenvalue weighted by atomic mass is 16.3. The smallest absolute Gasteiger partial charge is 0.0591 e. The first-order chi connectivity index (χ1) is 13.7. The maximum absolute atomic E-state index is 9.88. The summed E-state index contributed by atoms with van der Waals surface area (Å²) in [5.74, 6) is 0. The summed E-state index contributed by atoms with van der Waals surface area (Å²) in [6.45, 7) is 15.1. The van der Waals surface area contributed by atoms with Crippen molar-refractivity contribution in [3.8, 4) is 0 Å². The topological polar surface area (TPSA) is 20.2 Å². The minimum absolute atomic E-state index is 0.210. The standard InChI is InChI=1S/C28H56O/c1-7-8-9-10-11-12-13-14-15-16-17-18-19-20-21-23-26(2)27(3,4)24-22-25-28(5,6)29/h29H,2,7-25H2,1,3-6H3. The van der Waals surface area contributed by atoms with Gasteiger partial charge in [-0.15, -0.1) is 0 Å². The number of rotatable bonds is 21. The molecule has 1 N–H and O–H groups in total. The molecule has 0 rings (SSSR count). The zero-order chi connectivity index (χ0) is 22.0. The van der Waals surface area contributed by atoms with Crippen LogP contribution in [0.3, 0.4) is 0 Å². The largest absolute Gasteiger partial charge is 0.390 e. The van der Waals surface area contributed by atoms with E-state index in [9.17, 15) is 5.11 Å². The molecule has 0 aliphatic carbocycles. The Morgan fingerprint density at radius 3 is 1.34 bits per heavy atom. The minimum Gasteiger partial charge on any atom is -0.390 e. The second-order valence-electron chi connectivity index (χ2n) is 10.9. The summed E-state index contributed by atoms with van der Waals surface area (Å²) in [5, 5.41) is 9.88. The number of hydrogen-bond acceptors (Lipinski definition) is 1. The molecule has 0 aromatic carbocycles. The second kappa shape index (κ2) is 17.4. The summed E-state index contributed by atoms with van der Waals surface area (Å²) in [6.07, 6.45) is 25.6. The van der Waals surface area contributed by atoms with Crippen molar-refractivity contribution in [2.75, 3.05) is 0 Å². The van der Waals surface area contributed by atoms with E-state index in [1.807, 2.05) is 13.8 Å². The Morgan fingerprint density at radius 2 is 0.966 bits per heavy atom. The molecule has 0 atom stereocenters. The van der Waals surface area contributed by atoms with Crippen molar-refractivity contribution in [3.05, 3.63) is 12.2 Å². The van der Waals surface area contributed by atoms with E-state index in [0.717, 1.165) is 19.3 Å². The van der Waals surface area contributed by atoms with Gasteiger partial charge in [0.2, 0.25) is 0 Å². The van der Waals surface area contributed by atoms with E-state index in [2.05, 4.69) is 27.4 Å². The van der Waals surface area contributed by atoms with Crippen molar-refractivity contribution in [1.82, 2.24) is 0 Å². The van der Waals surface area contributed by atoms with Crippen LogP contribution < -0.4 is 0 Å². The fourth-order valence-electron chi connectivity index (χ4n) is 4.19. The molecule has 0 saturated heterocycles. The zero-order valence-corrected chi connectivity index (χ0v) is 21.1. The first-order valence-corrected chi connectivity index (χ1v) is 13.1. The van der Waals surface area contributed by atoms with Crippen molar-refractivity contribution in [2.45, 2.75) is 162 Å². The summed E-state index contributed by atoms with van der Waals surface area (Å²) in [4.78, 5) is 0. The summed E-state index contributed by atoms with van der Waals surface area (Å²) in [6, 6.07) is 0. The minimum atomic E-state index is -0.536. The third-order valence-corrected chi connectivity index (χ3v) is 6.63. The molecule has 0 amide bonds. The van der Waals surface area contributed by atoms with Crippen LogP contribution in [0, 0.1) is 5.41 Å². The van der Waals surface area contributed by atoms with Gasteiger partial charge in [-0.1, -0.05) is 123 Å². The lowest BCUT2D eigenvalue weighted by atomic mass is 9.77. The molecule has 0 fully saturated rings. The molecule has 0 unspecified atom stereocenters. The van der Waals surface area contributed by atoms with Crippen molar-refractivity contribution < 1.29 is 5.11 Å². The molecule has 174 valence electrons. The van der Waals surface area contributed by atoms with Crippen LogP contribution in [-0.4, -0.2) is 10.7 Å². The summed E-state index contributed by atoms with van der Waals surface area (Å²) < 4.78 is 0. The molecule has 1 heteroatoms. The monoisotopic (exact) mass is 408 g/mol. The van der Waals surface area contributed by atoms with Gasteiger partial charge in [0.25, 0.3) is 0 Å². The Hall–Kier alpha value is -0.300. The highest BCUT2D eigenvalue weighted by Crippen LogP contribution is 2.35. The molecule has 1 nitrogen and oxygen atoms in total. The first kappa shape index (κ1) is 28.7. The Bertz CT molecular complexity index is 374. The fraction of sp³-hybridized carbons (Fsp3) is 0.929. The maximum atomic E-state index is 9.88. The SMILES string of the molecule is C=C(CCCCCCCCCCCCCCCCC)C(C)(C)CCCC(C)(C)O. The summed E-state index contributed by atoms with van der Waals surface area (Å²) in [5.41, 5.74) is 1.08. The lowest BCUT2D eigenvalue weighted by Crippen LogP contribution is -2.20. The molecule has 0 aliphatic rings. The number of unbranched alkanes of at least 4 members (excludes halogenated alkanes) is 14. The third kappa shape index (κ3) is 19.4. The van der Waals surface area contributed by atoms with Crippen LogP contribution in [0.2, 0.25) is 0 Å². The van der Waals surface area contributed by atoms with Crippen molar-refractivity contribution in [1.29, 1.82) is 0 Å². The molecular formula is C28H56O. The predicted molar refractivity (Wildman–Crippen MR) is 133 cm³/mol. The highest BCUT2D eigenvalue weighted by Gasteiger charge is 2.22. The van der Waals surface area contributed by atoms with Gasteiger partial charge in [0, 0.05) is 0 Å². The van der Waals surface area contributed by atoms with Gasteiger partial charge in [-0.25, -0.2) is 0 Å². The second-order valence-corrected chi connectivity index (χ2v) is 10.9. The molecule has 0 bridgehead atoms. The fourth-order valence-corrected chi connectivity index (χ4v) is 4.19. The van der Waals surface area contributed by atoms with Crippen molar-refractivity contribution in [3.63, 3.8) is 0 Å². The average molecular weight is 409 g/mol. The average Bonchev–Trinajstić information content (AvgIpc) is 2.63. The number of hydrogen-bond donors (Lipinski definition) is 1. The van der Waals surface area contributed by atoms with E-state index in [4.69, 9.17) is 0 Å². The highest BCUT2D eigenvalue weighted by molar-refractivity contribution is 5.06. The lowest BCUT2D eigenvalue weighted by molar-refractivity contribution is 0.0657. The quantitative estimate of drug-likeness (QED) is 0.148. The van der Waals surface area contributed by atoms with Gasteiger partial charge in [0.1, 0.15) is 0 Å². The van der Waals surface area contributed by atoms with Gasteiger partial charge in [-0.2, -0.15) is 0 Å². The summed E-state index contributed by atoms with van der Waals surface area (Å²) in [7, 11) is 0. The van der Waals surface area contributed by atoms with E-state index in [1.165, 1.54) is 108 Å². The normalized spacial score (nSPS) is 12.5. The van der Waals surface area contributed by atoms with Gasteiger partial charge in [-0.3, -0.25) is 0 Å². The molecule has 29 heavy (non-hydrogen) atoms. The molecule has 0 aromatic heterocycles. The molecule has 0 aliphatic heterocycles. The van der Waals surface area contributed by atoms with E-state index >= 15 is 0 Å². The van der Waals surface area contributed by atoms with Crippen LogP contribution in [0.1, 0.15) is 157 Å². The number of allylic oxidation sites excluding steroid dienone is 1. The van der Waals surface area contributed by atoms with Gasteiger partial charge < -0.3 is 5.11 Å². The van der Waals surface area contributed by atoms with Crippen LogP contribution in [-0.2, 0) is 0 Å². The van der Waals surface area contributed by atoms with Crippen LogP contribution >= 0.6 is 0 Å². The maximum Gasteiger partial charge on any atom is 0.0591 e. The predicted octanol–water partition coefficient (Wildman–Crippen LogP) is 9.77. The molecule has 0 spiro atoms. The molecular weight excluding hydrogens is 352 g/mol. The van der Waals surface area contributed by atoms with Gasteiger partial charge in [-0.05, 0) is 51.4 Å². The van der Waals surface area contributed by atoms with E-state index in [0.29, 0.717) is 0 Å². The Balaban J connectivity index is 3.46. The lowest BCUT2D eigenvalue weighted by Gasteiger charge is -2.29. The van der Waals surface area contributed by atoms with Crippen LogP contribution in [0.5, 0.6) is 0 Å². The van der Waals surface area contributed by atoms with Crippen molar-refractivity contribution in [2.24, 2.45) is 5.41 Å². The van der Waals surface area contributed by atoms with Gasteiger partial charge >= 0.3 is 0 Å². The number of aliphatic hydroxyl groups is 1. The van der Waals surface area contributed by atoms with Crippen LogP contribution in [0.15, 0.2) is 12.2 Å². The first-order valence-electron chi connectivity index (χ1n) is 13.1. The van der Waals surface area contributed by atoms with Crippen LogP contribution in [0.4, 0.5) is 0 Å². The van der Waals surface area contributed by atoms with Crippen LogP contribution in [0.25, 0.3) is 0 Å². The Morgan fingerprint density at radius 1 is 0.586 bits per heavy atom. The zero-order valence-electron chi connectivity index (χ0n) is 21.1. The molecule has 0 aromatic rings. The van der Waals surface area contributed by atoms with Crippen molar-refractivity contribution >= 4 is 0 Å². The van der Waals surface area contributed by atoms with Gasteiger partial charge in [0.15, 0.2) is 0 Å². The third-order valence-electron chi connectivity index (χ3n) is 6.63. The van der Waals surface area contributed by atoms with E-state index in [1.54, 1.807) is 0 Å². The van der Waals surface area contributed by atoms with Gasteiger partial charge in [0.05, 0.1) is 5.60 Å². The van der Waals surface area contributed by atoms with E-state index in [-0.39, 0.29) is 5.41 Å². The molecule has 0 heterocycles. The molecule has 0 radical (unpaired) electrons. The van der Waals surface area contributed by atoms with E-state index < -0.39 is 5.60 Å². The summed E-state index contributed by atoms with van der Waals surface area (Å²) >= 11 is 0. The molecule has 0 saturated carbocycles. The Kier molecular flexibility index (Phi) is 17.2.